The molecule has 1 unspecified atom stereocenters. The lowest BCUT2D eigenvalue weighted by molar-refractivity contribution is -0.145. The SMILES string of the molecule is CC(C)[C@@H]1C[C@@H](C(Br)C[C@H](C(=O)N2C(=O)OC[C@@H]2Cc2ccccc2)C(C)C)OC1=O. The summed E-state index contributed by atoms with van der Waals surface area (Å²) < 4.78 is 10.8. The van der Waals surface area contributed by atoms with Crippen molar-refractivity contribution in [2.24, 2.45) is 23.7 Å². The number of carbonyl (C=O) groups is 3. The summed E-state index contributed by atoms with van der Waals surface area (Å²) in [7, 11) is 0. The molecule has 1 aromatic carbocycles. The van der Waals surface area contributed by atoms with E-state index in [-0.39, 0.29) is 59.1 Å². The van der Waals surface area contributed by atoms with Crippen LogP contribution in [0.3, 0.4) is 0 Å². The third-order valence-electron chi connectivity index (χ3n) is 6.38. The third kappa shape index (κ3) is 5.48. The number of cyclic esters (lactones) is 2. The van der Waals surface area contributed by atoms with Crippen molar-refractivity contribution in [1.29, 1.82) is 0 Å². The molecule has 6 nitrogen and oxygen atoms in total. The number of ether oxygens (including phenoxy) is 2. The first-order valence-corrected chi connectivity index (χ1v) is 12.0. The van der Waals surface area contributed by atoms with Gasteiger partial charge in [0.1, 0.15) is 12.7 Å². The van der Waals surface area contributed by atoms with E-state index >= 15 is 0 Å². The smallest absolute Gasteiger partial charge is 0.416 e. The number of nitrogens with zero attached hydrogens (tertiary/aromatic N) is 1. The van der Waals surface area contributed by atoms with Gasteiger partial charge in [0.2, 0.25) is 5.91 Å². The number of amides is 2. The van der Waals surface area contributed by atoms with Crippen LogP contribution in [-0.2, 0) is 25.5 Å². The molecular weight excluding hydrogens is 462 g/mol. The van der Waals surface area contributed by atoms with Crippen LogP contribution in [0.1, 0.15) is 46.1 Å². The molecule has 3 rings (SSSR count). The summed E-state index contributed by atoms with van der Waals surface area (Å²) in [5.41, 5.74) is 1.06. The molecule has 2 fully saturated rings. The molecule has 0 spiro atoms. The Kier molecular flexibility index (Phi) is 7.78. The van der Waals surface area contributed by atoms with Crippen LogP contribution in [0.25, 0.3) is 0 Å². The molecule has 2 heterocycles. The van der Waals surface area contributed by atoms with Gasteiger partial charge in [-0.05, 0) is 36.7 Å². The van der Waals surface area contributed by atoms with E-state index in [1.54, 1.807) is 0 Å². The minimum absolute atomic E-state index is 0.0244. The minimum atomic E-state index is -0.574. The Hall–Kier alpha value is -1.89. The van der Waals surface area contributed by atoms with E-state index in [2.05, 4.69) is 15.9 Å². The number of carbonyl (C=O) groups excluding carboxylic acids is 3. The highest BCUT2D eigenvalue weighted by Gasteiger charge is 2.44. The van der Waals surface area contributed by atoms with Crippen molar-refractivity contribution < 1.29 is 23.9 Å². The minimum Gasteiger partial charge on any atom is -0.461 e. The zero-order valence-electron chi connectivity index (χ0n) is 18.6. The number of alkyl halides is 1. The first-order valence-electron chi connectivity index (χ1n) is 11.1. The van der Waals surface area contributed by atoms with E-state index in [0.717, 1.165) is 5.56 Å². The summed E-state index contributed by atoms with van der Waals surface area (Å²) in [5.74, 6) is -0.628. The molecule has 0 saturated carbocycles. The second kappa shape index (κ2) is 10.2. The highest BCUT2D eigenvalue weighted by Crippen LogP contribution is 2.36. The van der Waals surface area contributed by atoms with Gasteiger partial charge in [0.25, 0.3) is 0 Å². The molecule has 0 aromatic heterocycles. The molecule has 170 valence electrons. The van der Waals surface area contributed by atoms with Crippen LogP contribution >= 0.6 is 15.9 Å². The molecule has 2 amide bonds. The standard InChI is InChI=1S/C24H32BrNO5/c1-14(2)18(11-20(25)21-12-19(15(3)4)23(28)31-21)22(27)26-17(13-30-24(26)29)10-16-8-6-5-7-9-16/h5-9,14-15,17-21H,10-13H2,1-4H3/t17-,18-,19-,20?,21-/m0/s1. The fourth-order valence-corrected chi connectivity index (χ4v) is 5.12. The fourth-order valence-electron chi connectivity index (χ4n) is 4.40. The number of hydrogen-bond donors (Lipinski definition) is 0. The van der Waals surface area contributed by atoms with E-state index in [4.69, 9.17) is 9.47 Å². The average molecular weight is 494 g/mol. The predicted octanol–water partition coefficient (Wildman–Crippen LogP) is 4.59. The summed E-state index contributed by atoms with van der Waals surface area (Å²) in [6.45, 7) is 8.20. The lowest BCUT2D eigenvalue weighted by Crippen LogP contribution is -2.45. The van der Waals surface area contributed by atoms with Crippen molar-refractivity contribution in [1.82, 2.24) is 4.90 Å². The van der Waals surface area contributed by atoms with Crippen LogP contribution in [0.15, 0.2) is 30.3 Å². The van der Waals surface area contributed by atoms with Crippen molar-refractivity contribution >= 4 is 33.9 Å². The topological polar surface area (TPSA) is 72.9 Å². The molecular formula is C24H32BrNO5. The maximum Gasteiger partial charge on any atom is 0.416 e. The molecule has 2 aliphatic rings. The second-order valence-electron chi connectivity index (χ2n) is 9.29. The van der Waals surface area contributed by atoms with Gasteiger partial charge in [-0.2, -0.15) is 0 Å². The summed E-state index contributed by atoms with van der Waals surface area (Å²) in [6, 6.07) is 9.48. The molecule has 0 aliphatic carbocycles. The second-order valence-corrected chi connectivity index (χ2v) is 10.5. The Morgan fingerprint density at radius 3 is 2.42 bits per heavy atom. The molecule has 7 heteroatoms. The van der Waals surface area contributed by atoms with Gasteiger partial charge in [-0.3, -0.25) is 9.59 Å². The monoisotopic (exact) mass is 493 g/mol. The van der Waals surface area contributed by atoms with Crippen molar-refractivity contribution in [2.75, 3.05) is 6.61 Å². The predicted molar refractivity (Wildman–Crippen MR) is 121 cm³/mol. The number of imide groups is 1. The quantitative estimate of drug-likeness (QED) is 0.391. The maximum atomic E-state index is 13.5. The first-order chi connectivity index (χ1) is 14.7. The summed E-state index contributed by atoms with van der Waals surface area (Å²) in [6.07, 6.45) is 0.862. The summed E-state index contributed by atoms with van der Waals surface area (Å²) >= 11 is 3.67. The Balaban J connectivity index is 1.70. The summed E-state index contributed by atoms with van der Waals surface area (Å²) in [4.78, 5) is 39.3. The van der Waals surface area contributed by atoms with Crippen molar-refractivity contribution in [3.63, 3.8) is 0 Å². The van der Waals surface area contributed by atoms with Gasteiger partial charge in [0, 0.05) is 5.92 Å². The molecule has 0 N–H and O–H groups in total. The highest BCUT2D eigenvalue weighted by atomic mass is 79.9. The van der Waals surface area contributed by atoms with Gasteiger partial charge in [-0.1, -0.05) is 74.0 Å². The van der Waals surface area contributed by atoms with Crippen LogP contribution in [0, 0.1) is 23.7 Å². The molecule has 1 aromatic rings. The van der Waals surface area contributed by atoms with Gasteiger partial charge in [0.05, 0.1) is 16.8 Å². The van der Waals surface area contributed by atoms with Gasteiger partial charge in [-0.25, -0.2) is 9.69 Å². The lowest BCUT2D eigenvalue weighted by atomic mass is 9.86. The van der Waals surface area contributed by atoms with Crippen LogP contribution in [-0.4, -0.2) is 46.4 Å². The first kappa shape index (κ1) is 23.8. The van der Waals surface area contributed by atoms with Gasteiger partial charge < -0.3 is 9.47 Å². The van der Waals surface area contributed by atoms with Crippen molar-refractivity contribution in [2.45, 2.75) is 63.9 Å². The Morgan fingerprint density at radius 2 is 1.84 bits per heavy atom. The number of esters is 1. The molecule has 2 aliphatic heterocycles. The van der Waals surface area contributed by atoms with Crippen LogP contribution in [0.5, 0.6) is 0 Å². The Morgan fingerprint density at radius 1 is 1.16 bits per heavy atom. The zero-order chi connectivity index (χ0) is 22.7. The average Bonchev–Trinajstić information content (AvgIpc) is 3.29. The largest absolute Gasteiger partial charge is 0.461 e. The van der Waals surface area contributed by atoms with E-state index in [1.807, 2.05) is 58.0 Å². The van der Waals surface area contributed by atoms with E-state index < -0.39 is 6.09 Å². The number of halogens is 1. The molecule has 31 heavy (non-hydrogen) atoms. The zero-order valence-corrected chi connectivity index (χ0v) is 20.2. The third-order valence-corrected chi connectivity index (χ3v) is 7.34. The molecule has 0 radical (unpaired) electrons. The van der Waals surface area contributed by atoms with Crippen LogP contribution in [0.4, 0.5) is 4.79 Å². The number of benzene rings is 1. The number of rotatable bonds is 8. The van der Waals surface area contributed by atoms with Gasteiger partial charge >= 0.3 is 12.1 Å². The Bertz CT molecular complexity index is 796. The lowest BCUT2D eigenvalue weighted by Gasteiger charge is -2.29. The van der Waals surface area contributed by atoms with Crippen LogP contribution < -0.4 is 0 Å². The highest BCUT2D eigenvalue weighted by molar-refractivity contribution is 9.09. The normalized spacial score (nSPS) is 25.6. The van der Waals surface area contributed by atoms with Gasteiger partial charge in [-0.15, -0.1) is 0 Å². The number of hydrogen-bond acceptors (Lipinski definition) is 5. The van der Waals surface area contributed by atoms with E-state index in [1.165, 1.54) is 4.90 Å². The molecule has 0 bridgehead atoms. The van der Waals surface area contributed by atoms with Crippen LogP contribution in [0.2, 0.25) is 0 Å². The van der Waals surface area contributed by atoms with Gasteiger partial charge in [0.15, 0.2) is 0 Å². The Labute approximate surface area is 192 Å². The van der Waals surface area contributed by atoms with E-state index in [0.29, 0.717) is 19.3 Å². The van der Waals surface area contributed by atoms with E-state index in [9.17, 15) is 14.4 Å². The van der Waals surface area contributed by atoms with Crippen molar-refractivity contribution in [3.8, 4) is 0 Å². The van der Waals surface area contributed by atoms with Crippen molar-refractivity contribution in [3.05, 3.63) is 35.9 Å². The molecule has 2 saturated heterocycles. The molecule has 5 atom stereocenters. The fraction of sp³-hybridized carbons (Fsp3) is 0.625. The summed E-state index contributed by atoms with van der Waals surface area (Å²) in [5, 5.41) is 0. The maximum absolute atomic E-state index is 13.5.